The molecule has 2 aromatic heterocycles. The minimum absolute atomic E-state index is 0.159. The van der Waals surface area contributed by atoms with E-state index in [2.05, 4.69) is 29.1 Å². The summed E-state index contributed by atoms with van der Waals surface area (Å²) in [4.78, 5) is 25.9. The highest BCUT2D eigenvalue weighted by Gasteiger charge is 2.30. The smallest absolute Gasteiger partial charge is 0.332 e. The normalized spacial score (nSPS) is 13.5. The molecule has 0 saturated carbocycles. The van der Waals surface area contributed by atoms with Gasteiger partial charge in [-0.15, -0.1) is 0 Å². The molecule has 1 aliphatic rings. The van der Waals surface area contributed by atoms with Gasteiger partial charge in [0.1, 0.15) is 5.82 Å². The second-order valence-electron chi connectivity index (χ2n) is 8.18. The Morgan fingerprint density at radius 3 is 2.41 bits per heavy atom. The summed E-state index contributed by atoms with van der Waals surface area (Å²) in [5.41, 5.74) is 1.88. The number of rotatable bonds is 13. The van der Waals surface area contributed by atoms with Gasteiger partial charge in [-0.3, -0.25) is 9.36 Å². The van der Waals surface area contributed by atoms with Crippen LogP contribution in [-0.4, -0.2) is 55.4 Å². The van der Waals surface area contributed by atoms with Crippen molar-refractivity contribution in [2.45, 2.75) is 46.5 Å². The molecule has 0 atom stereocenters. The lowest BCUT2D eigenvalue weighted by atomic mass is 10.2. The summed E-state index contributed by atoms with van der Waals surface area (Å²) in [6.07, 6.45) is 7.24. The Hall–Kier alpha value is -2.48. The predicted octanol–water partition coefficient (Wildman–Crippen LogP) is 5.46. The minimum Gasteiger partial charge on any atom is -0.383 e. The van der Waals surface area contributed by atoms with Gasteiger partial charge in [0, 0.05) is 26.3 Å². The molecule has 0 aromatic carbocycles. The number of hydrogen-bond acceptors (Lipinski definition) is 8. The van der Waals surface area contributed by atoms with E-state index in [0.29, 0.717) is 49.2 Å². The first-order chi connectivity index (χ1) is 16.4. The lowest BCUT2D eigenvalue weighted by Gasteiger charge is -2.22. The van der Waals surface area contributed by atoms with Gasteiger partial charge >= 0.3 is 7.60 Å². The number of carbonyl (C=O) groups is 1. The second kappa shape index (κ2) is 12.3. The average molecular weight is 490 g/mol. The minimum atomic E-state index is -3.20. The number of unbranched alkanes of at least 4 members (excludes halogenated alkanes) is 2. The van der Waals surface area contributed by atoms with Gasteiger partial charge < -0.3 is 24.2 Å². The van der Waals surface area contributed by atoms with Crippen molar-refractivity contribution in [3.63, 3.8) is 0 Å². The van der Waals surface area contributed by atoms with Crippen LogP contribution in [0.15, 0.2) is 30.6 Å². The third-order valence-corrected chi connectivity index (χ3v) is 7.57. The lowest BCUT2D eigenvalue weighted by Crippen LogP contribution is -2.25. The van der Waals surface area contributed by atoms with Crippen molar-refractivity contribution in [1.29, 1.82) is 0 Å². The zero-order valence-electron chi connectivity index (χ0n) is 20.6. The number of anilines is 4. The lowest BCUT2D eigenvalue weighted by molar-refractivity contribution is 0.0994. The third-order valence-electron chi connectivity index (χ3n) is 5.64. The van der Waals surface area contributed by atoms with E-state index in [0.717, 1.165) is 31.4 Å². The maximum absolute atomic E-state index is 13.3. The Balaban J connectivity index is 1.75. The van der Waals surface area contributed by atoms with Gasteiger partial charge in [-0.2, -0.15) is 0 Å². The fourth-order valence-electron chi connectivity index (χ4n) is 3.67. The van der Waals surface area contributed by atoms with Crippen LogP contribution in [0.25, 0.3) is 0 Å². The molecule has 9 nitrogen and oxygen atoms in total. The first-order valence-corrected chi connectivity index (χ1v) is 13.8. The number of nitrogens with zero attached hydrogens (tertiary/aromatic N) is 4. The van der Waals surface area contributed by atoms with E-state index in [9.17, 15) is 9.36 Å². The number of fused-ring (bicyclic) bond motifs is 2. The van der Waals surface area contributed by atoms with Gasteiger partial charge in [0.15, 0.2) is 5.82 Å². The molecule has 1 aliphatic heterocycles. The third kappa shape index (κ3) is 6.14. The zero-order valence-corrected chi connectivity index (χ0v) is 21.5. The Bertz CT molecular complexity index is 1000. The Labute approximate surface area is 202 Å². The fourth-order valence-corrected chi connectivity index (χ4v) is 5.21. The van der Waals surface area contributed by atoms with E-state index in [1.165, 1.54) is 0 Å². The van der Waals surface area contributed by atoms with Crippen LogP contribution in [0, 0.1) is 0 Å². The summed E-state index contributed by atoms with van der Waals surface area (Å²) < 4.78 is 24.5. The molecule has 0 radical (unpaired) electrons. The summed E-state index contributed by atoms with van der Waals surface area (Å²) in [6, 6.07) is 5.48. The van der Waals surface area contributed by atoms with Crippen molar-refractivity contribution in [2.75, 3.05) is 54.6 Å². The van der Waals surface area contributed by atoms with Gasteiger partial charge in [-0.05, 0) is 38.0 Å². The molecule has 3 heterocycles. The second-order valence-corrected chi connectivity index (χ2v) is 10.4. The Kier molecular flexibility index (Phi) is 9.45. The van der Waals surface area contributed by atoms with Crippen LogP contribution in [-0.2, 0) is 13.6 Å². The van der Waals surface area contributed by atoms with Crippen LogP contribution in [0.2, 0.25) is 0 Å². The van der Waals surface area contributed by atoms with Crippen LogP contribution in [0.3, 0.4) is 0 Å². The van der Waals surface area contributed by atoms with Gasteiger partial charge in [-0.1, -0.05) is 26.7 Å². The number of amides is 1. The maximum Gasteiger partial charge on any atom is 0.332 e. The molecule has 0 aliphatic carbocycles. The first kappa shape index (κ1) is 26.1. The highest BCUT2D eigenvalue weighted by Crippen LogP contribution is 2.48. The van der Waals surface area contributed by atoms with Crippen molar-refractivity contribution in [1.82, 2.24) is 9.97 Å². The highest BCUT2D eigenvalue weighted by molar-refractivity contribution is 7.53. The molecule has 1 N–H and O–H groups in total. The topological polar surface area (TPSA) is 96.9 Å². The summed E-state index contributed by atoms with van der Waals surface area (Å²) in [7, 11) is -1.46. The quantitative estimate of drug-likeness (QED) is 0.293. The number of carbonyl (C=O) groups excluding carboxylic acids is 1. The fraction of sp³-hybridized carbons (Fsp3) is 0.542. The number of pyridine rings is 2. The summed E-state index contributed by atoms with van der Waals surface area (Å²) in [5, 5.41) is 3.24. The number of hydrogen-bond donors (Lipinski definition) is 1. The van der Waals surface area contributed by atoms with Crippen LogP contribution in [0.5, 0.6) is 0 Å². The molecule has 2 aromatic rings. The largest absolute Gasteiger partial charge is 0.383 e. The van der Waals surface area contributed by atoms with E-state index < -0.39 is 7.60 Å². The first-order valence-electron chi connectivity index (χ1n) is 12.1. The highest BCUT2D eigenvalue weighted by atomic mass is 31.2. The van der Waals surface area contributed by atoms with Crippen LogP contribution < -0.4 is 15.1 Å². The molecule has 0 bridgehead atoms. The standard InChI is InChI=1S/C24H36N5O4P/c1-5-8-14-32-34(31,33-15-9-6-2)16-13-25-19-17-20-22(27-18-19)29(7-3)23-21(11-10-12-26-23)28(4)24(20)30/h10-12,17-18,25H,5-9,13-16H2,1-4H3. The van der Waals surface area contributed by atoms with Crippen LogP contribution in [0.1, 0.15) is 56.8 Å². The molecule has 0 unspecified atom stereocenters. The molecule has 10 heteroatoms. The van der Waals surface area contributed by atoms with E-state index in [1.807, 2.05) is 24.0 Å². The Morgan fingerprint density at radius 1 is 1.06 bits per heavy atom. The van der Waals surface area contributed by atoms with Crippen molar-refractivity contribution < 1.29 is 18.4 Å². The van der Waals surface area contributed by atoms with Crippen molar-refractivity contribution >= 4 is 36.5 Å². The number of aromatic nitrogens is 2. The van der Waals surface area contributed by atoms with Crippen LogP contribution in [0.4, 0.5) is 23.0 Å². The predicted molar refractivity (Wildman–Crippen MR) is 137 cm³/mol. The van der Waals surface area contributed by atoms with Gasteiger partial charge in [0.25, 0.3) is 5.91 Å². The van der Waals surface area contributed by atoms with E-state index in [-0.39, 0.29) is 12.1 Å². The molecule has 0 spiro atoms. The molecule has 0 fully saturated rings. The summed E-state index contributed by atoms with van der Waals surface area (Å²) in [5.74, 6) is 1.11. The zero-order chi connectivity index (χ0) is 24.6. The number of nitrogens with one attached hydrogen (secondary N) is 1. The monoisotopic (exact) mass is 489 g/mol. The molecule has 186 valence electrons. The average Bonchev–Trinajstić information content (AvgIpc) is 2.93. The van der Waals surface area contributed by atoms with E-state index in [4.69, 9.17) is 9.05 Å². The SMILES string of the molecule is CCCCOP(=O)(CCNc1cnc2c(c1)C(=O)N(C)c1cccnc1N2CC)OCCCC. The molecule has 0 saturated heterocycles. The molecule has 3 rings (SSSR count). The van der Waals surface area contributed by atoms with Gasteiger partial charge in [0.05, 0.1) is 42.5 Å². The van der Waals surface area contributed by atoms with Gasteiger partial charge in [-0.25, -0.2) is 9.97 Å². The van der Waals surface area contributed by atoms with Crippen LogP contribution >= 0.6 is 7.60 Å². The molecule has 1 amide bonds. The van der Waals surface area contributed by atoms with Crippen molar-refractivity contribution in [3.05, 3.63) is 36.2 Å². The summed E-state index contributed by atoms with van der Waals surface area (Å²) in [6.45, 7) is 7.95. The summed E-state index contributed by atoms with van der Waals surface area (Å²) >= 11 is 0. The molecule has 34 heavy (non-hydrogen) atoms. The van der Waals surface area contributed by atoms with E-state index in [1.54, 1.807) is 30.4 Å². The van der Waals surface area contributed by atoms with Gasteiger partial charge in [0.2, 0.25) is 0 Å². The Morgan fingerprint density at radius 2 is 1.76 bits per heavy atom. The molecular formula is C24H36N5O4P. The maximum atomic E-state index is 13.3. The van der Waals surface area contributed by atoms with E-state index >= 15 is 0 Å². The molecular weight excluding hydrogens is 453 g/mol. The van der Waals surface area contributed by atoms with Crippen molar-refractivity contribution in [3.8, 4) is 0 Å². The van der Waals surface area contributed by atoms with Crippen molar-refractivity contribution in [2.24, 2.45) is 0 Å².